The molecule has 174 valence electrons. The third-order valence-corrected chi connectivity index (χ3v) is 9.77. The summed E-state index contributed by atoms with van der Waals surface area (Å²) in [7, 11) is -3.48. The van der Waals surface area contributed by atoms with Crippen LogP contribution in [0, 0.1) is 11.3 Å². The highest BCUT2D eigenvalue weighted by Gasteiger charge is 2.41. The maximum Gasteiger partial charge on any atom is 0.221 e. The molecule has 1 saturated heterocycles. The number of sulfonamides is 1. The van der Waals surface area contributed by atoms with Crippen molar-refractivity contribution in [1.29, 1.82) is 5.26 Å². The summed E-state index contributed by atoms with van der Waals surface area (Å²) in [4.78, 5) is 10.7. The fraction of sp³-hybridized carbons (Fsp3) is 0.462. The largest absolute Gasteiger partial charge is 0.356 e. The second-order valence-corrected chi connectivity index (χ2v) is 11.4. The van der Waals surface area contributed by atoms with Gasteiger partial charge in [0.1, 0.15) is 5.25 Å². The Balaban J connectivity index is 1.51. The molecule has 6 nitrogen and oxygen atoms in total. The van der Waals surface area contributed by atoms with E-state index in [2.05, 4.69) is 11.4 Å². The number of rotatable bonds is 6. The zero-order valence-electron chi connectivity index (χ0n) is 19.0. The van der Waals surface area contributed by atoms with E-state index < -0.39 is 20.7 Å². The van der Waals surface area contributed by atoms with Crippen LogP contribution in [-0.2, 0) is 26.8 Å². The van der Waals surface area contributed by atoms with Gasteiger partial charge in [0.05, 0.1) is 11.5 Å². The Bertz CT molecular complexity index is 1100. The zero-order valence-corrected chi connectivity index (χ0v) is 19.8. The number of hydrogen-bond donors (Lipinski definition) is 1. The zero-order chi connectivity index (χ0) is 23.5. The number of hydrogen-bond acceptors (Lipinski definition) is 4. The van der Waals surface area contributed by atoms with Crippen molar-refractivity contribution in [3.63, 3.8) is 0 Å². The molecule has 7 heteroatoms. The molecule has 0 spiro atoms. The van der Waals surface area contributed by atoms with Crippen LogP contribution >= 0.6 is 0 Å². The first-order chi connectivity index (χ1) is 15.9. The van der Waals surface area contributed by atoms with Gasteiger partial charge in [0.15, 0.2) is 0 Å². The van der Waals surface area contributed by atoms with Gasteiger partial charge in [-0.15, -0.1) is 0 Å². The quantitative estimate of drug-likeness (QED) is 0.648. The second-order valence-electron chi connectivity index (χ2n) is 9.37. The normalized spacial score (nSPS) is 29.6. The van der Waals surface area contributed by atoms with E-state index in [1.807, 2.05) is 61.5 Å². The standard InChI is InChI=1S/C26H31N3O3S/c1-20-7-12-25(22-5-3-2-4-6-22)33(31,32)29(20)17-21-8-10-23(11-9-21)26(18-27)15-13-24(14-16-26)28-19-30/h2-6,8-11,19-20,24-25H,7,12-17H2,1H3,(H,28,30)/t20-,24?,25+,26?/m0/s1. The van der Waals surface area contributed by atoms with Gasteiger partial charge < -0.3 is 5.32 Å². The molecule has 2 fully saturated rings. The summed E-state index contributed by atoms with van der Waals surface area (Å²) in [5.74, 6) is 0. The fourth-order valence-corrected chi connectivity index (χ4v) is 7.50. The molecule has 2 atom stereocenters. The minimum Gasteiger partial charge on any atom is -0.356 e. The Morgan fingerprint density at radius 2 is 1.73 bits per heavy atom. The van der Waals surface area contributed by atoms with E-state index in [9.17, 15) is 18.5 Å². The molecule has 4 rings (SSSR count). The molecule has 0 aromatic heterocycles. The molecule has 2 aliphatic rings. The molecule has 1 aliphatic heterocycles. The minimum absolute atomic E-state index is 0.0549. The molecule has 1 heterocycles. The Morgan fingerprint density at radius 3 is 2.33 bits per heavy atom. The smallest absolute Gasteiger partial charge is 0.221 e. The maximum atomic E-state index is 13.5. The van der Waals surface area contributed by atoms with Gasteiger partial charge in [-0.3, -0.25) is 4.79 Å². The van der Waals surface area contributed by atoms with Crippen molar-refractivity contribution in [3.05, 3.63) is 71.3 Å². The highest BCUT2D eigenvalue weighted by Crippen LogP contribution is 2.40. The number of nitrogens with one attached hydrogen (secondary N) is 1. The average Bonchev–Trinajstić information content (AvgIpc) is 2.83. The van der Waals surface area contributed by atoms with Crippen LogP contribution in [0.5, 0.6) is 0 Å². The van der Waals surface area contributed by atoms with E-state index in [1.54, 1.807) is 4.31 Å². The van der Waals surface area contributed by atoms with E-state index in [-0.39, 0.29) is 12.1 Å². The van der Waals surface area contributed by atoms with Crippen molar-refractivity contribution in [2.45, 2.75) is 74.7 Å². The third kappa shape index (κ3) is 4.68. The topological polar surface area (TPSA) is 90.3 Å². The first-order valence-electron chi connectivity index (χ1n) is 11.7. The average molecular weight is 466 g/mol. The van der Waals surface area contributed by atoms with Gasteiger partial charge in [-0.25, -0.2) is 8.42 Å². The molecule has 1 saturated carbocycles. The maximum absolute atomic E-state index is 13.5. The van der Waals surface area contributed by atoms with E-state index in [4.69, 9.17) is 0 Å². The monoisotopic (exact) mass is 465 g/mol. The summed E-state index contributed by atoms with van der Waals surface area (Å²) in [6.07, 6.45) is 5.14. The van der Waals surface area contributed by atoms with Crippen molar-refractivity contribution in [2.24, 2.45) is 0 Å². The SMILES string of the molecule is C[C@H]1CC[C@H](c2ccccc2)S(=O)(=O)N1Cc1ccc(C2(C#N)CCC(NC=O)CC2)cc1. The van der Waals surface area contributed by atoms with Crippen LogP contribution in [0.15, 0.2) is 54.6 Å². The fourth-order valence-electron chi connectivity index (χ4n) is 5.30. The van der Waals surface area contributed by atoms with Crippen LogP contribution < -0.4 is 5.32 Å². The van der Waals surface area contributed by atoms with Gasteiger partial charge in [-0.2, -0.15) is 9.57 Å². The van der Waals surface area contributed by atoms with E-state index in [0.717, 1.165) is 42.4 Å². The molecule has 1 N–H and O–H groups in total. The lowest BCUT2D eigenvalue weighted by atomic mass is 9.69. The number of nitriles is 1. The highest BCUT2D eigenvalue weighted by molar-refractivity contribution is 7.89. The van der Waals surface area contributed by atoms with Gasteiger partial charge in [-0.05, 0) is 62.1 Å². The van der Waals surface area contributed by atoms with Gasteiger partial charge in [0.2, 0.25) is 16.4 Å². The van der Waals surface area contributed by atoms with E-state index in [0.29, 0.717) is 25.8 Å². The Morgan fingerprint density at radius 1 is 1.06 bits per heavy atom. The molecular formula is C26H31N3O3S. The molecule has 2 aromatic carbocycles. The van der Waals surface area contributed by atoms with Crippen LogP contribution in [0.2, 0.25) is 0 Å². The van der Waals surface area contributed by atoms with Gasteiger partial charge in [0.25, 0.3) is 0 Å². The number of benzene rings is 2. The van der Waals surface area contributed by atoms with E-state index >= 15 is 0 Å². The predicted molar refractivity (Wildman–Crippen MR) is 128 cm³/mol. The summed E-state index contributed by atoms with van der Waals surface area (Å²) in [6, 6.07) is 19.9. The van der Waals surface area contributed by atoms with Crippen LogP contribution in [0.3, 0.4) is 0 Å². The molecule has 2 aromatic rings. The lowest BCUT2D eigenvalue weighted by molar-refractivity contribution is -0.110. The molecule has 1 aliphatic carbocycles. The van der Waals surface area contributed by atoms with Crippen LogP contribution in [-0.4, -0.2) is 31.2 Å². The summed E-state index contributed by atoms with van der Waals surface area (Å²) < 4.78 is 28.6. The number of nitrogens with zero attached hydrogens (tertiary/aromatic N) is 2. The minimum atomic E-state index is -3.48. The van der Waals surface area contributed by atoms with Crippen LogP contribution in [0.25, 0.3) is 0 Å². The molecule has 1 amide bonds. The van der Waals surface area contributed by atoms with Crippen molar-refractivity contribution in [2.75, 3.05) is 0 Å². The Labute approximate surface area is 196 Å². The second kappa shape index (κ2) is 9.66. The Hall–Kier alpha value is -2.69. The summed E-state index contributed by atoms with van der Waals surface area (Å²) in [5.41, 5.74) is 2.19. The van der Waals surface area contributed by atoms with Crippen molar-refractivity contribution < 1.29 is 13.2 Å². The molecular weight excluding hydrogens is 434 g/mol. The lowest BCUT2D eigenvalue weighted by Crippen LogP contribution is -2.44. The number of amides is 1. The van der Waals surface area contributed by atoms with Crippen LogP contribution in [0.1, 0.15) is 67.4 Å². The third-order valence-electron chi connectivity index (χ3n) is 7.40. The molecule has 0 bridgehead atoms. The molecule has 0 unspecified atom stereocenters. The summed E-state index contributed by atoms with van der Waals surface area (Å²) in [5, 5.41) is 12.3. The predicted octanol–water partition coefficient (Wildman–Crippen LogP) is 4.19. The Kier molecular flexibility index (Phi) is 6.87. The van der Waals surface area contributed by atoms with Gasteiger partial charge in [0, 0.05) is 18.6 Å². The lowest BCUT2D eigenvalue weighted by Gasteiger charge is -2.38. The first kappa shape index (κ1) is 23.5. The number of carbonyl (C=O) groups excluding carboxylic acids is 1. The van der Waals surface area contributed by atoms with Gasteiger partial charge >= 0.3 is 0 Å². The summed E-state index contributed by atoms with van der Waals surface area (Å²) in [6.45, 7) is 2.31. The number of carbonyl (C=O) groups is 1. The van der Waals surface area contributed by atoms with Crippen molar-refractivity contribution in [1.82, 2.24) is 9.62 Å². The van der Waals surface area contributed by atoms with E-state index in [1.165, 1.54) is 0 Å². The highest BCUT2D eigenvalue weighted by atomic mass is 32.2. The van der Waals surface area contributed by atoms with Crippen molar-refractivity contribution in [3.8, 4) is 6.07 Å². The molecule has 33 heavy (non-hydrogen) atoms. The summed E-state index contributed by atoms with van der Waals surface area (Å²) >= 11 is 0. The van der Waals surface area contributed by atoms with Crippen LogP contribution in [0.4, 0.5) is 0 Å². The van der Waals surface area contributed by atoms with Crippen molar-refractivity contribution >= 4 is 16.4 Å². The first-order valence-corrected chi connectivity index (χ1v) is 13.2. The molecule has 0 radical (unpaired) electrons. The van der Waals surface area contributed by atoms with Gasteiger partial charge in [-0.1, -0.05) is 54.6 Å².